The predicted octanol–water partition coefficient (Wildman–Crippen LogP) is 7.29. The van der Waals surface area contributed by atoms with Gasteiger partial charge in [-0.1, -0.05) is 69.6 Å². The first-order chi connectivity index (χ1) is 12.7. The highest BCUT2D eigenvalue weighted by Gasteiger charge is 2.14. The molecule has 4 nitrogen and oxygen atoms in total. The van der Waals surface area contributed by atoms with Gasteiger partial charge >= 0.3 is 11.9 Å². The fourth-order valence-corrected chi connectivity index (χ4v) is 3.04. The zero-order valence-electron chi connectivity index (χ0n) is 13.3. The van der Waals surface area contributed by atoms with Crippen molar-refractivity contribution >= 4 is 81.5 Å². The van der Waals surface area contributed by atoms with E-state index in [1.807, 2.05) is 0 Å². The van der Waals surface area contributed by atoms with E-state index < -0.39 is 11.9 Å². The summed E-state index contributed by atoms with van der Waals surface area (Å²) in [5.74, 6) is -1.01. The Labute approximate surface area is 185 Å². The molecule has 10 heteroatoms. The van der Waals surface area contributed by atoms with Gasteiger partial charge in [0.2, 0.25) is 0 Å². The number of hydrogen-bond acceptors (Lipinski definition) is 4. The quantitative estimate of drug-likeness (QED) is 0.242. The van der Waals surface area contributed by atoms with Gasteiger partial charge in [-0.05, 0) is 18.6 Å². The highest BCUT2D eigenvalue weighted by atomic mass is 35.5. The molecular weight excluding hydrogens is 481 g/mol. The SMILES string of the molecule is O=C(CCCC(=O)Oc1cc(Cl)c(Cl)cc1Cl)Oc1cc(Cl)c(Cl)cc1Cl. The van der Waals surface area contributed by atoms with Crippen LogP contribution >= 0.6 is 69.6 Å². The van der Waals surface area contributed by atoms with Crippen LogP contribution in [0.25, 0.3) is 0 Å². The van der Waals surface area contributed by atoms with Gasteiger partial charge in [-0.3, -0.25) is 9.59 Å². The highest BCUT2D eigenvalue weighted by Crippen LogP contribution is 2.35. The topological polar surface area (TPSA) is 52.6 Å². The molecule has 0 aromatic heterocycles. The summed E-state index contributed by atoms with van der Waals surface area (Å²) in [4.78, 5) is 23.7. The lowest BCUT2D eigenvalue weighted by Crippen LogP contribution is -2.12. The molecule has 0 amide bonds. The maximum absolute atomic E-state index is 11.9. The molecule has 0 unspecified atom stereocenters. The number of benzene rings is 2. The van der Waals surface area contributed by atoms with Crippen LogP contribution in [0.1, 0.15) is 19.3 Å². The molecule has 0 fully saturated rings. The third kappa shape index (κ3) is 6.60. The summed E-state index contributed by atoms with van der Waals surface area (Å²) in [6.45, 7) is 0. The fourth-order valence-electron chi connectivity index (χ4n) is 1.89. The molecule has 0 aliphatic rings. The molecule has 0 bridgehead atoms. The Bertz CT molecular complexity index is 813. The first-order valence-electron chi connectivity index (χ1n) is 7.38. The van der Waals surface area contributed by atoms with Crippen molar-refractivity contribution in [2.24, 2.45) is 0 Å². The van der Waals surface area contributed by atoms with Crippen LogP contribution in [0.4, 0.5) is 0 Å². The van der Waals surface area contributed by atoms with E-state index >= 15 is 0 Å². The van der Waals surface area contributed by atoms with Crippen molar-refractivity contribution in [3.8, 4) is 11.5 Å². The summed E-state index contributed by atoms with van der Waals surface area (Å²) in [7, 11) is 0. The Morgan fingerprint density at radius 2 is 0.926 bits per heavy atom. The smallest absolute Gasteiger partial charge is 0.311 e. The normalized spacial score (nSPS) is 10.6. The molecule has 2 aromatic rings. The van der Waals surface area contributed by atoms with Gasteiger partial charge in [0.05, 0.1) is 30.1 Å². The van der Waals surface area contributed by atoms with Gasteiger partial charge < -0.3 is 9.47 Å². The van der Waals surface area contributed by atoms with E-state index in [2.05, 4.69) is 0 Å². The van der Waals surface area contributed by atoms with E-state index in [0.717, 1.165) is 0 Å². The Hall–Kier alpha value is -0.880. The monoisotopic (exact) mass is 488 g/mol. The lowest BCUT2D eigenvalue weighted by atomic mass is 10.2. The Kier molecular flexibility index (Phi) is 8.35. The Morgan fingerprint density at radius 1 is 0.593 bits per heavy atom. The Morgan fingerprint density at radius 3 is 1.30 bits per heavy atom. The van der Waals surface area contributed by atoms with Gasteiger partial charge in [0.1, 0.15) is 0 Å². The lowest BCUT2D eigenvalue weighted by Gasteiger charge is -2.09. The molecule has 0 spiro atoms. The lowest BCUT2D eigenvalue weighted by molar-refractivity contribution is -0.136. The summed E-state index contributed by atoms with van der Waals surface area (Å²) in [5, 5.41) is 1.17. The van der Waals surface area contributed by atoms with E-state index in [-0.39, 0.29) is 60.9 Å². The highest BCUT2D eigenvalue weighted by molar-refractivity contribution is 6.44. The summed E-state index contributed by atoms with van der Waals surface area (Å²) < 4.78 is 10.2. The van der Waals surface area contributed by atoms with Crippen molar-refractivity contribution in [2.75, 3.05) is 0 Å². The second-order valence-corrected chi connectivity index (χ2v) is 7.64. The van der Waals surface area contributed by atoms with Crippen LogP contribution in [0.5, 0.6) is 11.5 Å². The summed E-state index contributed by atoms with van der Waals surface area (Å²) in [5.41, 5.74) is 0. The van der Waals surface area contributed by atoms with Crippen LogP contribution in [-0.4, -0.2) is 11.9 Å². The predicted molar refractivity (Wildman–Crippen MR) is 108 cm³/mol. The first-order valence-corrected chi connectivity index (χ1v) is 9.64. The number of rotatable bonds is 6. The molecule has 144 valence electrons. The largest absolute Gasteiger partial charge is 0.425 e. The molecule has 0 aliphatic carbocycles. The van der Waals surface area contributed by atoms with Crippen LogP contribution in [0.15, 0.2) is 24.3 Å². The maximum atomic E-state index is 11.9. The van der Waals surface area contributed by atoms with E-state index in [0.29, 0.717) is 0 Å². The van der Waals surface area contributed by atoms with Gasteiger partial charge in [0.25, 0.3) is 0 Å². The molecule has 0 radical (unpaired) electrons. The van der Waals surface area contributed by atoms with Crippen LogP contribution in [0, 0.1) is 0 Å². The molecule has 0 saturated carbocycles. The number of carbonyl (C=O) groups is 2. The van der Waals surface area contributed by atoms with Crippen molar-refractivity contribution < 1.29 is 19.1 Å². The average Bonchev–Trinajstić information content (AvgIpc) is 2.57. The number of ether oxygens (including phenoxy) is 2. The molecule has 27 heavy (non-hydrogen) atoms. The molecular formula is C17H10Cl6O4. The molecule has 0 atom stereocenters. The zero-order chi connectivity index (χ0) is 20.1. The summed E-state index contributed by atoms with van der Waals surface area (Å²) in [6, 6.07) is 5.41. The number of esters is 2. The summed E-state index contributed by atoms with van der Waals surface area (Å²) >= 11 is 35.2. The molecule has 2 aromatic carbocycles. The first kappa shape index (κ1) is 22.4. The van der Waals surface area contributed by atoms with Crippen molar-refractivity contribution in [2.45, 2.75) is 19.3 Å². The number of carbonyl (C=O) groups excluding carboxylic acids is 2. The van der Waals surface area contributed by atoms with Gasteiger partial charge in [-0.15, -0.1) is 0 Å². The van der Waals surface area contributed by atoms with Gasteiger partial charge in [0, 0.05) is 25.0 Å². The van der Waals surface area contributed by atoms with Crippen LogP contribution in [0.2, 0.25) is 30.1 Å². The van der Waals surface area contributed by atoms with Gasteiger partial charge in [0.15, 0.2) is 11.5 Å². The molecule has 0 aliphatic heterocycles. The van der Waals surface area contributed by atoms with Crippen molar-refractivity contribution in [1.82, 2.24) is 0 Å². The number of hydrogen-bond donors (Lipinski definition) is 0. The van der Waals surface area contributed by atoms with E-state index in [9.17, 15) is 9.59 Å². The Balaban J connectivity index is 1.84. The minimum absolute atomic E-state index is 0.0409. The molecule has 2 rings (SSSR count). The minimum Gasteiger partial charge on any atom is -0.425 e. The van der Waals surface area contributed by atoms with Gasteiger partial charge in [-0.2, -0.15) is 0 Å². The average molecular weight is 491 g/mol. The van der Waals surface area contributed by atoms with E-state index in [1.165, 1.54) is 24.3 Å². The van der Waals surface area contributed by atoms with Crippen molar-refractivity contribution in [3.05, 3.63) is 54.4 Å². The summed E-state index contributed by atoms with van der Waals surface area (Å²) in [6.07, 6.45) is 0.108. The van der Waals surface area contributed by atoms with Crippen LogP contribution in [-0.2, 0) is 9.59 Å². The van der Waals surface area contributed by atoms with Crippen LogP contribution in [0.3, 0.4) is 0 Å². The second kappa shape index (κ2) is 10.1. The van der Waals surface area contributed by atoms with Crippen molar-refractivity contribution in [3.63, 3.8) is 0 Å². The third-order valence-corrected chi connectivity index (χ3v) is 5.19. The van der Waals surface area contributed by atoms with Gasteiger partial charge in [-0.25, -0.2) is 0 Å². The molecule has 0 saturated heterocycles. The molecule has 0 N–H and O–H groups in total. The second-order valence-electron chi connectivity index (χ2n) is 5.20. The number of halogens is 6. The van der Waals surface area contributed by atoms with E-state index in [1.54, 1.807) is 0 Å². The fraction of sp³-hybridized carbons (Fsp3) is 0.176. The third-order valence-electron chi connectivity index (χ3n) is 3.16. The van der Waals surface area contributed by atoms with E-state index in [4.69, 9.17) is 79.1 Å². The molecule has 0 heterocycles. The van der Waals surface area contributed by atoms with Crippen molar-refractivity contribution in [1.29, 1.82) is 0 Å². The standard InChI is InChI=1S/C17H10Cl6O4/c18-8-4-12(22)14(6-10(8)20)26-16(24)2-1-3-17(25)27-15-7-11(21)9(19)5-13(15)23/h4-7H,1-3H2. The zero-order valence-corrected chi connectivity index (χ0v) is 17.9. The maximum Gasteiger partial charge on any atom is 0.311 e. The van der Waals surface area contributed by atoms with Crippen LogP contribution < -0.4 is 9.47 Å². The minimum atomic E-state index is -0.587.